The van der Waals surface area contributed by atoms with E-state index in [-0.39, 0.29) is 23.7 Å². The van der Waals surface area contributed by atoms with E-state index in [1.807, 2.05) is 24.3 Å². The zero-order valence-corrected chi connectivity index (χ0v) is 16.9. The highest BCUT2D eigenvalue weighted by Gasteiger charge is 2.38. The Hall–Kier alpha value is -2.63. The van der Waals surface area contributed by atoms with Crippen LogP contribution >= 0.6 is 0 Å². The molecule has 0 aliphatic heterocycles. The summed E-state index contributed by atoms with van der Waals surface area (Å²) in [6, 6.07) is 10.9. The quantitative estimate of drug-likeness (QED) is 0.593. The van der Waals surface area contributed by atoms with Crippen LogP contribution in [0.1, 0.15) is 44.1 Å². The van der Waals surface area contributed by atoms with Crippen molar-refractivity contribution in [2.75, 3.05) is 6.61 Å². The average molecular weight is 416 g/mol. The molecule has 0 radical (unpaired) electrons. The number of rotatable bonds is 9. The topological polar surface area (TPSA) is 55.8 Å². The van der Waals surface area contributed by atoms with Crippen LogP contribution in [0.4, 0.5) is 8.78 Å². The summed E-state index contributed by atoms with van der Waals surface area (Å²) in [6.45, 7) is 2.28. The van der Waals surface area contributed by atoms with Crippen molar-refractivity contribution in [2.45, 2.75) is 44.6 Å². The molecule has 160 valence electrons. The van der Waals surface area contributed by atoms with Crippen LogP contribution in [0.3, 0.4) is 0 Å². The van der Waals surface area contributed by atoms with Crippen molar-refractivity contribution in [3.63, 3.8) is 0 Å². The van der Waals surface area contributed by atoms with Crippen LogP contribution in [0.25, 0.3) is 0 Å². The molecule has 0 spiro atoms. The Kier molecular flexibility index (Phi) is 5.93. The van der Waals surface area contributed by atoms with Gasteiger partial charge in [-0.2, -0.15) is 0 Å². The minimum absolute atomic E-state index is 0.00805. The standard InChI is InChI=1S/C24H26F2O4/c1-14(24(27)28)23(16-5-6-16)17-3-2-4-19(11-17)29-13-15-9-20(10-15)30-22-12-18(25)7-8-21(22)26/h2-4,7-8,11-12,14-16,20,23H,5-6,9-10,13H2,1H3,(H,27,28)/t14-,15?,20?,23?/m0/s1. The van der Waals surface area contributed by atoms with Gasteiger partial charge in [0.05, 0.1) is 18.6 Å². The Morgan fingerprint density at radius 3 is 2.63 bits per heavy atom. The molecule has 1 unspecified atom stereocenters. The lowest BCUT2D eigenvalue weighted by atomic mass is 9.82. The van der Waals surface area contributed by atoms with Gasteiger partial charge in [0, 0.05) is 6.07 Å². The van der Waals surface area contributed by atoms with E-state index >= 15 is 0 Å². The van der Waals surface area contributed by atoms with E-state index in [0.717, 1.165) is 55.2 Å². The third kappa shape index (κ3) is 4.74. The van der Waals surface area contributed by atoms with Gasteiger partial charge in [-0.15, -0.1) is 0 Å². The van der Waals surface area contributed by atoms with E-state index in [1.165, 1.54) is 0 Å². The van der Waals surface area contributed by atoms with Crippen molar-refractivity contribution >= 4 is 5.97 Å². The number of ether oxygens (including phenoxy) is 2. The van der Waals surface area contributed by atoms with Crippen molar-refractivity contribution in [3.05, 3.63) is 59.7 Å². The molecule has 6 heteroatoms. The summed E-state index contributed by atoms with van der Waals surface area (Å²) in [5.41, 5.74) is 1.02. The molecule has 4 nitrogen and oxygen atoms in total. The first-order valence-electron chi connectivity index (χ1n) is 10.5. The maximum atomic E-state index is 13.7. The Bertz CT molecular complexity index is 906. The van der Waals surface area contributed by atoms with Crippen LogP contribution in [0.15, 0.2) is 42.5 Å². The average Bonchev–Trinajstić information content (AvgIpc) is 3.51. The minimum atomic E-state index is -0.770. The third-order valence-corrected chi connectivity index (χ3v) is 6.17. The number of carboxylic acids is 1. The van der Waals surface area contributed by atoms with Crippen LogP contribution in [0, 0.1) is 29.4 Å². The summed E-state index contributed by atoms with van der Waals surface area (Å²) in [7, 11) is 0. The first kappa shape index (κ1) is 20.6. The highest BCUT2D eigenvalue weighted by atomic mass is 19.1. The van der Waals surface area contributed by atoms with Gasteiger partial charge in [0.2, 0.25) is 0 Å². The fourth-order valence-corrected chi connectivity index (χ4v) is 4.26. The van der Waals surface area contributed by atoms with Gasteiger partial charge in [-0.1, -0.05) is 19.1 Å². The summed E-state index contributed by atoms with van der Waals surface area (Å²) >= 11 is 0. The van der Waals surface area contributed by atoms with E-state index in [9.17, 15) is 18.7 Å². The Balaban J connectivity index is 1.29. The maximum Gasteiger partial charge on any atom is 0.306 e. The number of carboxylic acid groups (broad SMARTS) is 1. The summed E-state index contributed by atoms with van der Waals surface area (Å²) in [5.74, 6) is -0.878. The van der Waals surface area contributed by atoms with E-state index in [0.29, 0.717) is 12.5 Å². The first-order valence-corrected chi connectivity index (χ1v) is 10.5. The normalized spacial score (nSPS) is 22.6. The van der Waals surface area contributed by atoms with Crippen molar-refractivity contribution in [1.82, 2.24) is 0 Å². The molecule has 0 aromatic heterocycles. The molecule has 0 saturated heterocycles. The molecule has 2 atom stereocenters. The summed E-state index contributed by atoms with van der Waals surface area (Å²) in [6.07, 6.45) is 3.44. The molecule has 2 aliphatic carbocycles. The van der Waals surface area contributed by atoms with Crippen LogP contribution in [0.2, 0.25) is 0 Å². The predicted octanol–water partition coefficient (Wildman–Crippen LogP) is 5.42. The van der Waals surface area contributed by atoms with Gasteiger partial charge in [-0.25, -0.2) is 8.78 Å². The highest BCUT2D eigenvalue weighted by molar-refractivity contribution is 5.71. The number of hydrogen-bond donors (Lipinski definition) is 1. The van der Waals surface area contributed by atoms with Crippen molar-refractivity contribution in [3.8, 4) is 11.5 Å². The molecule has 2 aliphatic rings. The van der Waals surface area contributed by atoms with Crippen molar-refractivity contribution in [2.24, 2.45) is 17.8 Å². The fraction of sp³-hybridized carbons (Fsp3) is 0.458. The smallest absolute Gasteiger partial charge is 0.306 e. The van der Waals surface area contributed by atoms with E-state index in [4.69, 9.17) is 9.47 Å². The second kappa shape index (κ2) is 8.62. The lowest BCUT2D eigenvalue weighted by molar-refractivity contribution is -0.142. The Morgan fingerprint density at radius 2 is 1.93 bits per heavy atom. The number of benzene rings is 2. The van der Waals surface area contributed by atoms with Gasteiger partial charge < -0.3 is 14.6 Å². The van der Waals surface area contributed by atoms with Gasteiger partial charge in [0.25, 0.3) is 0 Å². The molecule has 2 aromatic rings. The molecule has 0 heterocycles. The van der Waals surface area contributed by atoms with E-state index in [2.05, 4.69) is 0 Å². The summed E-state index contributed by atoms with van der Waals surface area (Å²) < 4.78 is 38.4. The second-order valence-electron chi connectivity index (χ2n) is 8.53. The van der Waals surface area contributed by atoms with Gasteiger partial charge in [0.15, 0.2) is 11.6 Å². The zero-order valence-electron chi connectivity index (χ0n) is 16.9. The maximum absolute atomic E-state index is 13.7. The van der Waals surface area contributed by atoms with Gasteiger partial charge in [-0.3, -0.25) is 4.79 Å². The number of aliphatic carboxylic acids is 1. The monoisotopic (exact) mass is 416 g/mol. The molecule has 0 bridgehead atoms. The molecule has 2 saturated carbocycles. The lowest BCUT2D eigenvalue weighted by Crippen LogP contribution is -2.37. The molecular formula is C24H26F2O4. The van der Waals surface area contributed by atoms with E-state index in [1.54, 1.807) is 6.92 Å². The molecular weight excluding hydrogens is 390 g/mol. The van der Waals surface area contributed by atoms with Gasteiger partial charge in [-0.05, 0) is 73.3 Å². The minimum Gasteiger partial charge on any atom is -0.493 e. The van der Waals surface area contributed by atoms with Crippen molar-refractivity contribution < 1.29 is 28.2 Å². The highest BCUT2D eigenvalue weighted by Crippen LogP contribution is 2.47. The fourth-order valence-electron chi connectivity index (χ4n) is 4.26. The number of carbonyl (C=O) groups is 1. The predicted molar refractivity (Wildman–Crippen MR) is 108 cm³/mol. The largest absolute Gasteiger partial charge is 0.493 e. The van der Waals surface area contributed by atoms with Crippen LogP contribution in [-0.4, -0.2) is 23.8 Å². The zero-order chi connectivity index (χ0) is 21.3. The SMILES string of the molecule is C[C@H](C(=O)O)C(c1cccc(OCC2CC(Oc3cc(F)ccc3F)C2)c1)C1CC1. The summed E-state index contributed by atoms with van der Waals surface area (Å²) in [5, 5.41) is 9.45. The Labute approximate surface area is 174 Å². The van der Waals surface area contributed by atoms with E-state index < -0.39 is 23.5 Å². The molecule has 4 rings (SSSR count). The molecule has 0 amide bonds. The molecule has 1 N–H and O–H groups in total. The lowest BCUT2D eigenvalue weighted by Gasteiger charge is -2.35. The van der Waals surface area contributed by atoms with Crippen LogP contribution < -0.4 is 9.47 Å². The van der Waals surface area contributed by atoms with Gasteiger partial charge >= 0.3 is 5.97 Å². The third-order valence-electron chi connectivity index (χ3n) is 6.17. The molecule has 2 aromatic carbocycles. The molecule has 2 fully saturated rings. The van der Waals surface area contributed by atoms with Crippen molar-refractivity contribution in [1.29, 1.82) is 0 Å². The first-order chi connectivity index (χ1) is 14.4. The number of halogens is 2. The molecule has 30 heavy (non-hydrogen) atoms. The van der Waals surface area contributed by atoms with Gasteiger partial charge in [0.1, 0.15) is 11.6 Å². The summed E-state index contributed by atoms with van der Waals surface area (Å²) in [4.78, 5) is 11.5. The van der Waals surface area contributed by atoms with Crippen LogP contribution in [0.5, 0.6) is 11.5 Å². The van der Waals surface area contributed by atoms with Crippen LogP contribution in [-0.2, 0) is 4.79 Å². The number of hydrogen-bond acceptors (Lipinski definition) is 3. The Morgan fingerprint density at radius 1 is 1.17 bits per heavy atom. The second-order valence-corrected chi connectivity index (χ2v) is 8.53.